The van der Waals surface area contributed by atoms with Gasteiger partial charge in [0.15, 0.2) is 11.6 Å². The van der Waals surface area contributed by atoms with Crippen molar-refractivity contribution in [2.24, 2.45) is 0 Å². The van der Waals surface area contributed by atoms with Gasteiger partial charge in [-0.15, -0.1) is 0 Å². The van der Waals surface area contributed by atoms with Crippen molar-refractivity contribution in [1.82, 2.24) is 0 Å². The third-order valence-corrected chi connectivity index (χ3v) is 2.03. The first kappa shape index (κ1) is 8.51. The standard InChI is InChI=1S/C10H11FO2/c1-7(10-6-12-10)13-9-5-3-2-4-8(9)11/h2-5,7,10H,6H2,1H3/t7-,10+/m0/s1. The molecule has 0 bridgehead atoms. The molecule has 3 heteroatoms. The van der Waals surface area contributed by atoms with Crippen molar-refractivity contribution in [2.45, 2.75) is 19.1 Å². The summed E-state index contributed by atoms with van der Waals surface area (Å²) < 4.78 is 23.5. The molecule has 1 saturated heterocycles. The van der Waals surface area contributed by atoms with E-state index in [1.54, 1.807) is 18.2 Å². The van der Waals surface area contributed by atoms with Crippen LogP contribution in [0.2, 0.25) is 0 Å². The van der Waals surface area contributed by atoms with Crippen LogP contribution in [0.25, 0.3) is 0 Å². The second-order valence-electron chi connectivity index (χ2n) is 3.13. The number of halogens is 1. The average Bonchev–Trinajstić information content (AvgIpc) is 2.91. The van der Waals surface area contributed by atoms with Crippen LogP contribution in [0.5, 0.6) is 5.75 Å². The predicted octanol–water partition coefficient (Wildman–Crippen LogP) is 1.99. The van der Waals surface area contributed by atoms with Crippen LogP contribution in [0.15, 0.2) is 24.3 Å². The van der Waals surface area contributed by atoms with Gasteiger partial charge in [0.05, 0.1) is 6.61 Å². The Morgan fingerprint density at radius 1 is 1.54 bits per heavy atom. The van der Waals surface area contributed by atoms with E-state index in [4.69, 9.17) is 9.47 Å². The molecule has 0 unspecified atom stereocenters. The van der Waals surface area contributed by atoms with Gasteiger partial charge in [-0.3, -0.25) is 0 Å². The van der Waals surface area contributed by atoms with Crippen LogP contribution in [0.1, 0.15) is 6.92 Å². The number of hydrogen-bond donors (Lipinski definition) is 0. The van der Waals surface area contributed by atoms with Crippen LogP contribution in [0.3, 0.4) is 0 Å². The molecule has 1 heterocycles. The second kappa shape index (κ2) is 3.34. The summed E-state index contributed by atoms with van der Waals surface area (Å²) in [7, 11) is 0. The Hall–Kier alpha value is -1.09. The van der Waals surface area contributed by atoms with Gasteiger partial charge >= 0.3 is 0 Å². The van der Waals surface area contributed by atoms with Gasteiger partial charge in [-0.05, 0) is 19.1 Å². The van der Waals surface area contributed by atoms with Gasteiger partial charge in [0, 0.05) is 0 Å². The topological polar surface area (TPSA) is 21.8 Å². The van der Waals surface area contributed by atoms with Crippen LogP contribution in [0.4, 0.5) is 4.39 Å². The molecule has 2 atom stereocenters. The number of para-hydroxylation sites is 1. The molecule has 0 saturated carbocycles. The van der Waals surface area contributed by atoms with E-state index in [2.05, 4.69) is 0 Å². The molecule has 2 nitrogen and oxygen atoms in total. The lowest BCUT2D eigenvalue weighted by molar-refractivity contribution is 0.169. The van der Waals surface area contributed by atoms with Crippen LogP contribution in [0, 0.1) is 5.82 Å². The van der Waals surface area contributed by atoms with Crippen LogP contribution in [-0.2, 0) is 4.74 Å². The maximum Gasteiger partial charge on any atom is 0.165 e. The van der Waals surface area contributed by atoms with Crippen molar-refractivity contribution in [3.63, 3.8) is 0 Å². The van der Waals surface area contributed by atoms with Crippen LogP contribution in [-0.4, -0.2) is 18.8 Å². The molecule has 0 radical (unpaired) electrons. The summed E-state index contributed by atoms with van der Waals surface area (Å²) in [6.45, 7) is 2.60. The highest BCUT2D eigenvalue weighted by molar-refractivity contribution is 5.24. The monoisotopic (exact) mass is 182 g/mol. The highest BCUT2D eigenvalue weighted by Gasteiger charge is 2.31. The number of benzene rings is 1. The third kappa shape index (κ3) is 1.98. The van der Waals surface area contributed by atoms with Crippen molar-refractivity contribution in [3.8, 4) is 5.75 Å². The van der Waals surface area contributed by atoms with E-state index in [-0.39, 0.29) is 18.0 Å². The Morgan fingerprint density at radius 2 is 2.23 bits per heavy atom. The zero-order valence-corrected chi connectivity index (χ0v) is 7.37. The van der Waals surface area contributed by atoms with E-state index < -0.39 is 0 Å². The maximum absolute atomic E-state index is 13.1. The molecule has 1 aliphatic heterocycles. The van der Waals surface area contributed by atoms with E-state index in [1.807, 2.05) is 6.92 Å². The molecule has 0 aliphatic carbocycles. The predicted molar refractivity (Wildman–Crippen MR) is 46.2 cm³/mol. The van der Waals surface area contributed by atoms with E-state index in [0.717, 1.165) is 6.61 Å². The zero-order chi connectivity index (χ0) is 9.26. The second-order valence-corrected chi connectivity index (χ2v) is 3.13. The van der Waals surface area contributed by atoms with Gasteiger partial charge in [0.25, 0.3) is 0 Å². The molecule has 1 aliphatic rings. The zero-order valence-electron chi connectivity index (χ0n) is 7.37. The van der Waals surface area contributed by atoms with Crippen molar-refractivity contribution in [3.05, 3.63) is 30.1 Å². The Bertz CT molecular complexity index is 297. The SMILES string of the molecule is C[C@H](Oc1ccccc1F)[C@H]1CO1. The van der Waals surface area contributed by atoms with E-state index in [0.29, 0.717) is 5.75 Å². The first-order chi connectivity index (χ1) is 6.27. The highest BCUT2D eigenvalue weighted by atomic mass is 19.1. The summed E-state index contributed by atoms with van der Waals surface area (Å²) in [6.07, 6.45) is 0.0662. The third-order valence-electron chi connectivity index (χ3n) is 2.03. The largest absolute Gasteiger partial charge is 0.485 e. The summed E-state index contributed by atoms with van der Waals surface area (Å²) in [5.41, 5.74) is 0. The quantitative estimate of drug-likeness (QED) is 0.667. The smallest absolute Gasteiger partial charge is 0.165 e. The number of hydrogen-bond acceptors (Lipinski definition) is 2. The number of rotatable bonds is 3. The van der Waals surface area contributed by atoms with Crippen molar-refractivity contribution >= 4 is 0 Å². The van der Waals surface area contributed by atoms with Gasteiger partial charge in [-0.1, -0.05) is 12.1 Å². The maximum atomic E-state index is 13.1. The fourth-order valence-corrected chi connectivity index (χ4v) is 1.14. The molecule has 0 amide bonds. The minimum atomic E-state index is -0.324. The molecular weight excluding hydrogens is 171 g/mol. The number of ether oxygens (including phenoxy) is 2. The van der Waals surface area contributed by atoms with E-state index >= 15 is 0 Å². The Labute approximate surface area is 76.3 Å². The molecule has 1 aromatic rings. The normalized spacial score (nSPS) is 22.5. The van der Waals surface area contributed by atoms with E-state index in [1.165, 1.54) is 6.07 Å². The minimum absolute atomic E-state index is 0.0723. The van der Waals surface area contributed by atoms with Gasteiger partial charge in [0.1, 0.15) is 12.2 Å². The average molecular weight is 182 g/mol. The van der Waals surface area contributed by atoms with Gasteiger partial charge < -0.3 is 9.47 Å². The summed E-state index contributed by atoms with van der Waals surface area (Å²) in [5.74, 6) is -0.0273. The van der Waals surface area contributed by atoms with Gasteiger partial charge in [-0.25, -0.2) is 4.39 Å². The summed E-state index contributed by atoms with van der Waals surface area (Å²) in [4.78, 5) is 0. The lowest BCUT2D eigenvalue weighted by Gasteiger charge is -2.12. The highest BCUT2D eigenvalue weighted by Crippen LogP contribution is 2.22. The lowest BCUT2D eigenvalue weighted by atomic mass is 10.3. The molecule has 1 fully saturated rings. The van der Waals surface area contributed by atoms with Crippen molar-refractivity contribution < 1.29 is 13.9 Å². The van der Waals surface area contributed by atoms with Crippen molar-refractivity contribution in [1.29, 1.82) is 0 Å². The molecule has 1 aromatic carbocycles. The summed E-state index contributed by atoms with van der Waals surface area (Å²) in [5, 5.41) is 0. The van der Waals surface area contributed by atoms with E-state index in [9.17, 15) is 4.39 Å². The van der Waals surface area contributed by atoms with Gasteiger partial charge in [-0.2, -0.15) is 0 Å². The first-order valence-electron chi connectivity index (χ1n) is 4.30. The molecule has 2 rings (SSSR count). The van der Waals surface area contributed by atoms with Crippen LogP contribution >= 0.6 is 0 Å². The Balaban J connectivity index is 2.03. The molecular formula is C10H11FO2. The molecule has 0 aromatic heterocycles. The molecule has 70 valence electrons. The lowest BCUT2D eigenvalue weighted by Crippen LogP contribution is -2.19. The molecule has 13 heavy (non-hydrogen) atoms. The Kier molecular flexibility index (Phi) is 2.19. The summed E-state index contributed by atoms with van der Waals surface area (Å²) >= 11 is 0. The Morgan fingerprint density at radius 3 is 2.85 bits per heavy atom. The van der Waals surface area contributed by atoms with Crippen molar-refractivity contribution in [2.75, 3.05) is 6.61 Å². The van der Waals surface area contributed by atoms with Gasteiger partial charge in [0.2, 0.25) is 0 Å². The summed E-state index contributed by atoms with van der Waals surface area (Å²) in [6, 6.07) is 6.39. The van der Waals surface area contributed by atoms with Crippen LogP contribution < -0.4 is 4.74 Å². The minimum Gasteiger partial charge on any atom is -0.485 e. The first-order valence-corrected chi connectivity index (χ1v) is 4.30. The number of epoxide rings is 1. The fourth-order valence-electron chi connectivity index (χ4n) is 1.14. The molecule has 0 spiro atoms. The fraction of sp³-hybridized carbons (Fsp3) is 0.400. The molecule has 0 N–H and O–H groups in total.